The zero-order chi connectivity index (χ0) is 13.4. The Balaban J connectivity index is 2.24. The van der Waals surface area contributed by atoms with E-state index in [1.54, 1.807) is 13.2 Å². The SMILES string of the molecule is COc1cc(NCCOCCN(C)C)nc(C)n1. The molecule has 0 spiro atoms. The van der Waals surface area contributed by atoms with E-state index in [1.165, 1.54) is 0 Å². The molecule has 1 N–H and O–H groups in total. The molecule has 1 aromatic rings. The first-order valence-corrected chi connectivity index (χ1v) is 5.98. The predicted octanol–water partition coefficient (Wildman–Crippen LogP) is 0.784. The van der Waals surface area contributed by atoms with Crippen molar-refractivity contribution >= 4 is 5.82 Å². The maximum Gasteiger partial charge on any atom is 0.218 e. The van der Waals surface area contributed by atoms with Gasteiger partial charge in [-0.15, -0.1) is 0 Å². The first-order valence-electron chi connectivity index (χ1n) is 5.98. The van der Waals surface area contributed by atoms with Gasteiger partial charge >= 0.3 is 0 Å². The number of methoxy groups -OCH3 is 1. The third-order valence-corrected chi connectivity index (χ3v) is 2.26. The molecule has 0 aliphatic rings. The number of rotatable bonds is 8. The Labute approximate surface area is 108 Å². The molecule has 0 saturated heterocycles. The molecule has 0 aliphatic carbocycles. The highest BCUT2D eigenvalue weighted by atomic mass is 16.5. The molecule has 0 bridgehead atoms. The number of hydrogen-bond donors (Lipinski definition) is 1. The highest BCUT2D eigenvalue weighted by Gasteiger charge is 2.01. The van der Waals surface area contributed by atoms with Gasteiger partial charge in [0.15, 0.2) is 0 Å². The third-order valence-electron chi connectivity index (χ3n) is 2.26. The van der Waals surface area contributed by atoms with E-state index in [-0.39, 0.29) is 0 Å². The van der Waals surface area contributed by atoms with Crippen molar-refractivity contribution in [3.63, 3.8) is 0 Å². The Morgan fingerprint density at radius 3 is 2.72 bits per heavy atom. The zero-order valence-corrected chi connectivity index (χ0v) is 11.6. The Hall–Kier alpha value is -1.40. The van der Waals surface area contributed by atoms with Crippen LogP contribution in [0.25, 0.3) is 0 Å². The van der Waals surface area contributed by atoms with Crippen LogP contribution in [0.1, 0.15) is 5.82 Å². The van der Waals surface area contributed by atoms with Gasteiger partial charge in [-0.3, -0.25) is 0 Å². The average molecular weight is 254 g/mol. The van der Waals surface area contributed by atoms with Gasteiger partial charge in [0.25, 0.3) is 0 Å². The van der Waals surface area contributed by atoms with Crippen LogP contribution in [0.3, 0.4) is 0 Å². The van der Waals surface area contributed by atoms with Crippen LogP contribution in [0, 0.1) is 6.92 Å². The van der Waals surface area contributed by atoms with Gasteiger partial charge in [0, 0.05) is 19.2 Å². The van der Waals surface area contributed by atoms with E-state index in [2.05, 4.69) is 20.2 Å². The van der Waals surface area contributed by atoms with Crippen molar-refractivity contribution in [1.29, 1.82) is 0 Å². The summed E-state index contributed by atoms with van der Waals surface area (Å²) < 4.78 is 10.6. The van der Waals surface area contributed by atoms with Gasteiger partial charge in [-0.2, -0.15) is 4.98 Å². The lowest BCUT2D eigenvalue weighted by Crippen LogP contribution is -2.20. The number of nitrogens with zero attached hydrogens (tertiary/aromatic N) is 3. The molecular weight excluding hydrogens is 232 g/mol. The summed E-state index contributed by atoms with van der Waals surface area (Å²) >= 11 is 0. The lowest BCUT2D eigenvalue weighted by molar-refractivity contribution is 0.126. The van der Waals surface area contributed by atoms with Crippen LogP contribution in [-0.4, -0.2) is 62.4 Å². The summed E-state index contributed by atoms with van der Waals surface area (Å²) in [6.07, 6.45) is 0. The molecule has 0 unspecified atom stereocenters. The van der Waals surface area contributed by atoms with Crippen LogP contribution < -0.4 is 10.1 Å². The summed E-state index contributed by atoms with van der Waals surface area (Å²) in [4.78, 5) is 10.5. The average Bonchev–Trinajstić information content (AvgIpc) is 2.32. The summed E-state index contributed by atoms with van der Waals surface area (Å²) in [5.74, 6) is 2.01. The highest BCUT2D eigenvalue weighted by molar-refractivity contribution is 5.38. The van der Waals surface area contributed by atoms with E-state index in [0.29, 0.717) is 24.9 Å². The number of aryl methyl sites for hydroxylation is 1. The van der Waals surface area contributed by atoms with E-state index < -0.39 is 0 Å². The fraction of sp³-hybridized carbons (Fsp3) is 0.667. The summed E-state index contributed by atoms with van der Waals surface area (Å²) in [6, 6.07) is 1.77. The largest absolute Gasteiger partial charge is 0.481 e. The quantitative estimate of drug-likeness (QED) is 0.692. The molecule has 1 rings (SSSR count). The van der Waals surface area contributed by atoms with Crippen molar-refractivity contribution in [1.82, 2.24) is 14.9 Å². The summed E-state index contributed by atoms with van der Waals surface area (Å²) in [7, 11) is 5.64. The molecule has 0 saturated carbocycles. The van der Waals surface area contributed by atoms with Crippen molar-refractivity contribution in [3.05, 3.63) is 11.9 Å². The standard InChI is InChI=1S/C12H22N4O2/c1-10-14-11(9-12(15-10)17-4)13-5-7-18-8-6-16(2)3/h9H,5-8H2,1-4H3,(H,13,14,15). The first-order chi connectivity index (χ1) is 8.61. The fourth-order valence-electron chi connectivity index (χ4n) is 1.34. The lowest BCUT2D eigenvalue weighted by Gasteiger charge is -2.11. The van der Waals surface area contributed by atoms with Crippen LogP contribution in [0.2, 0.25) is 0 Å². The fourth-order valence-corrected chi connectivity index (χ4v) is 1.34. The molecule has 0 aromatic carbocycles. The van der Waals surface area contributed by atoms with E-state index in [1.807, 2.05) is 21.0 Å². The topological polar surface area (TPSA) is 59.5 Å². The lowest BCUT2D eigenvalue weighted by atomic mass is 10.5. The molecule has 18 heavy (non-hydrogen) atoms. The maximum atomic E-state index is 5.47. The minimum absolute atomic E-state index is 0.568. The van der Waals surface area contributed by atoms with Gasteiger partial charge in [0.1, 0.15) is 11.6 Å². The van der Waals surface area contributed by atoms with Gasteiger partial charge in [0.05, 0.1) is 20.3 Å². The third kappa shape index (κ3) is 5.79. The second kappa shape index (κ2) is 7.84. The second-order valence-corrected chi connectivity index (χ2v) is 4.19. The van der Waals surface area contributed by atoms with E-state index in [0.717, 1.165) is 19.0 Å². The van der Waals surface area contributed by atoms with Crippen molar-refractivity contribution in [2.75, 3.05) is 52.8 Å². The number of hydrogen-bond acceptors (Lipinski definition) is 6. The molecule has 0 amide bonds. The van der Waals surface area contributed by atoms with Gasteiger partial charge in [-0.25, -0.2) is 4.98 Å². The van der Waals surface area contributed by atoms with Crippen molar-refractivity contribution in [2.24, 2.45) is 0 Å². The molecule has 1 aromatic heterocycles. The molecule has 6 heteroatoms. The van der Waals surface area contributed by atoms with Gasteiger partial charge in [0.2, 0.25) is 5.88 Å². The molecule has 0 fully saturated rings. The van der Waals surface area contributed by atoms with Crippen LogP contribution in [-0.2, 0) is 4.74 Å². The first kappa shape index (κ1) is 14.7. The Morgan fingerprint density at radius 1 is 1.28 bits per heavy atom. The summed E-state index contributed by atoms with van der Waals surface area (Å²) in [6.45, 7) is 4.87. The van der Waals surface area contributed by atoms with E-state index in [9.17, 15) is 0 Å². The molecule has 0 atom stereocenters. The molecule has 102 valence electrons. The molecule has 1 heterocycles. The van der Waals surface area contributed by atoms with Crippen molar-refractivity contribution < 1.29 is 9.47 Å². The van der Waals surface area contributed by atoms with Crippen LogP contribution >= 0.6 is 0 Å². The number of anilines is 1. The van der Waals surface area contributed by atoms with Gasteiger partial charge in [-0.1, -0.05) is 0 Å². The number of nitrogens with one attached hydrogen (secondary N) is 1. The minimum atomic E-state index is 0.568. The minimum Gasteiger partial charge on any atom is -0.481 e. The molecule has 6 nitrogen and oxygen atoms in total. The Kier molecular flexibility index (Phi) is 6.38. The number of ether oxygens (including phenoxy) is 2. The van der Waals surface area contributed by atoms with Crippen molar-refractivity contribution in [2.45, 2.75) is 6.92 Å². The van der Waals surface area contributed by atoms with E-state index in [4.69, 9.17) is 9.47 Å². The highest BCUT2D eigenvalue weighted by Crippen LogP contribution is 2.11. The zero-order valence-electron chi connectivity index (χ0n) is 11.6. The molecule has 0 radical (unpaired) electrons. The number of likely N-dealkylation sites (N-methyl/N-ethyl adjacent to an activating group) is 1. The van der Waals surface area contributed by atoms with Crippen LogP contribution in [0.15, 0.2) is 6.07 Å². The normalized spacial score (nSPS) is 10.7. The second-order valence-electron chi connectivity index (χ2n) is 4.19. The Bertz CT molecular complexity index is 358. The van der Waals surface area contributed by atoms with Crippen LogP contribution in [0.4, 0.5) is 5.82 Å². The summed E-state index contributed by atoms with van der Waals surface area (Å²) in [5.41, 5.74) is 0. The van der Waals surface area contributed by atoms with Crippen LogP contribution in [0.5, 0.6) is 5.88 Å². The number of aromatic nitrogens is 2. The van der Waals surface area contributed by atoms with E-state index >= 15 is 0 Å². The van der Waals surface area contributed by atoms with Crippen molar-refractivity contribution in [3.8, 4) is 5.88 Å². The molecule has 0 aliphatic heterocycles. The molecular formula is C12H22N4O2. The Morgan fingerprint density at radius 2 is 2.06 bits per heavy atom. The smallest absolute Gasteiger partial charge is 0.218 e. The predicted molar refractivity (Wildman–Crippen MR) is 71.2 cm³/mol. The van der Waals surface area contributed by atoms with Gasteiger partial charge in [-0.05, 0) is 21.0 Å². The maximum absolute atomic E-state index is 5.47. The summed E-state index contributed by atoms with van der Waals surface area (Å²) in [5, 5.41) is 3.18. The monoisotopic (exact) mass is 254 g/mol. The van der Waals surface area contributed by atoms with Gasteiger partial charge < -0.3 is 19.7 Å².